The molecule has 0 bridgehead atoms. The molecule has 144 valence electrons. The first-order valence-electron chi connectivity index (χ1n) is 9.95. The smallest absolute Gasteiger partial charge is 0.0622 e. The molecule has 2 heteroatoms. The highest BCUT2D eigenvalue weighted by molar-refractivity contribution is 8.12. The van der Waals surface area contributed by atoms with Crippen LogP contribution in [0.2, 0.25) is 0 Å². The van der Waals surface area contributed by atoms with E-state index in [0.717, 1.165) is 0 Å². The Hall–Kier alpha value is -2.39. The van der Waals surface area contributed by atoms with E-state index in [1.165, 1.54) is 21.2 Å². The second-order valence-electron chi connectivity index (χ2n) is 7.61. The summed E-state index contributed by atoms with van der Waals surface area (Å²) < 4.78 is 0. The van der Waals surface area contributed by atoms with Crippen molar-refractivity contribution in [3.63, 3.8) is 0 Å². The Bertz CT molecular complexity index is 1020. The van der Waals surface area contributed by atoms with Crippen LogP contribution in [0, 0.1) is 0 Å². The van der Waals surface area contributed by atoms with Gasteiger partial charge in [0.2, 0.25) is 0 Å². The van der Waals surface area contributed by atoms with Gasteiger partial charge in [-0.15, -0.1) is 0 Å². The normalized spacial score (nSPS) is 11.8. The van der Waals surface area contributed by atoms with Crippen molar-refractivity contribution in [2.75, 3.05) is 13.3 Å². The van der Waals surface area contributed by atoms with E-state index in [1.54, 1.807) is 0 Å². The van der Waals surface area contributed by atoms with Gasteiger partial charge in [0, 0.05) is 0 Å². The Balaban J connectivity index is 2.05. The molecular formula is C27H27P2+. The summed E-state index contributed by atoms with van der Waals surface area (Å²) in [5, 5.41) is 5.74. The molecule has 0 unspecified atom stereocenters. The van der Waals surface area contributed by atoms with E-state index in [9.17, 15) is 0 Å². The third kappa shape index (κ3) is 4.02. The highest BCUT2D eigenvalue weighted by Gasteiger charge is 2.38. The van der Waals surface area contributed by atoms with Crippen LogP contribution in [0.25, 0.3) is 0 Å². The van der Waals surface area contributed by atoms with E-state index in [-0.39, 0.29) is 0 Å². The molecule has 0 spiro atoms. The minimum Gasteiger partial charge on any atom is -0.0622 e. The molecule has 0 saturated carbocycles. The van der Waals surface area contributed by atoms with Gasteiger partial charge in [-0.1, -0.05) is 97.1 Å². The molecule has 29 heavy (non-hydrogen) atoms. The quantitative estimate of drug-likeness (QED) is 0.387. The topological polar surface area (TPSA) is 0 Å². The fourth-order valence-electron chi connectivity index (χ4n) is 3.98. The van der Waals surface area contributed by atoms with Gasteiger partial charge >= 0.3 is 0 Å². The summed E-state index contributed by atoms with van der Waals surface area (Å²) in [6.07, 6.45) is 0. The van der Waals surface area contributed by atoms with Gasteiger partial charge in [-0.05, 0) is 48.4 Å². The zero-order chi connectivity index (χ0) is 20.2. The maximum Gasteiger partial charge on any atom is 0.103 e. The summed E-state index contributed by atoms with van der Waals surface area (Å²) in [5.41, 5.74) is 2.75. The van der Waals surface area contributed by atoms with Gasteiger partial charge in [0.15, 0.2) is 0 Å². The highest BCUT2D eigenvalue weighted by Crippen LogP contribution is 2.57. The Morgan fingerprint density at radius 1 is 0.517 bits per heavy atom. The first-order valence-corrected chi connectivity index (χ1v) is 14.6. The van der Waals surface area contributed by atoms with Gasteiger partial charge in [-0.2, -0.15) is 0 Å². The highest BCUT2D eigenvalue weighted by atomic mass is 31.2. The lowest BCUT2D eigenvalue weighted by atomic mass is 10.4. The summed E-state index contributed by atoms with van der Waals surface area (Å²) in [6.45, 7) is 3.25. The van der Waals surface area contributed by atoms with E-state index >= 15 is 0 Å². The van der Waals surface area contributed by atoms with Gasteiger partial charge in [-0.3, -0.25) is 0 Å². The van der Waals surface area contributed by atoms with Crippen molar-refractivity contribution in [2.24, 2.45) is 0 Å². The van der Waals surface area contributed by atoms with Crippen LogP contribution < -0.4 is 21.2 Å². The minimum absolute atomic E-state index is 1.43. The molecule has 0 nitrogen and oxygen atoms in total. The molecule has 0 aromatic heterocycles. The van der Waals surface area contributed by atoms with Crippen molar-refractivity contribution < 1.29 is 0 Å². The van der Waals surface area contributed by atoms with Gasteiger partial charge in [0.1, 0.15) is 17.9 Å². The van der Waals surface area contributed by atoms with Crippen LogP contribution in [-0.4, -0.2) is 18.9 Å². The van der Waals surface area contributed by atoms with Crippen LogP contribution in [0.1, 0.15) is 0 Å². The summed E-state index contributed by atoms with van der Waals surface area (Å²) in [5.74, 6) is 0. The first kappa shape index (κ1) is 19.9. The van der Waals surface area contributed by atoms with E-state index in [2.05, 4.69) is 140 Å². The Morgan fingerprint density at radius 2 is 0.828 bits per heavy atom. The summed E-state index contributed by atoms with van der Waals surface area (Å²) in [7, 11) is -1.70. The van der Waals surface area contributed by atoms with Crippen molar-refractivity contribution in [2.45, 2.75) is 0 Å². The fraction of sp³-hybridized carbons (Fsp3) is 0.0741. The maximum absolute atomic E-state index is 2.75. The van der Waals surface area contributed by atoms with Gasteiger partial charge in [-0.25, -0.2) is 0 Å². The third-order valence-electron chi connectivity index (χ3n) is 5.63. The molecule has 4 rings (SSSR count). The number of hydrogen-bond donors (Lipinski definition) is 0. The van der Waals surface area contributed by atoms with E-state index < -0.39 is 14.1 Å². The number of hydrogen-bond acceptors (Lipinski definition) is 0. The lowest BCUT2D eigenvalue weighted by Gasteiger charge is -2.27. The van der Waals surface area contributed by atoms with Gasteiger partial charge in [0.25, 0.3) is 0 Å². The average molecular weight is 413 g/mol. The monoisotopic (exact) mass is 413 g/mol. The Morgan fingerprint density at radius 3 is 1.17 bits per heavy atom. The molecule has 0 aliphatic heterocycles. The zero-order valence-electron chi connectivity index (χ0n) is 17.0. The van der Waals surface area contributed by atoms with Crippen LogP contribution in [0.5, 0.6) is 0 Å². The lowest BCUT2D eigenvalue weighted by Crippen LogP contribution is -2.26. The van der Waals surface area contributed by atoms with E-state index in [4.69, 9.17) is 0 Å². The molecule has 0 amide bonds. The Kier molecular flexibility index (Phi) is 5.86. The maximum atomic E-state index is 2.75. The Labute approximate surface area is 175 Å². The molecule has 4 aromatic carbocycles. The van der Waals surface area contributed by atoms with Crippen LogP contribution in [0.15, 0.2) is 121 Å². The van der Waals surface area contributed by atoms with Crippen molar-refractivity contribution in [1.29, 1.82) is 0 Å². The van der Waals surface area contributed by atoms with Gasteiger partial charge < -0.3 is 0 Å². The predicted molar refractivity (Wildman–Crippen MR) is 136 cm³/mol. The van der Waals surface area contributed by atoms with Gasteiger partial charge in [0.05, 0.1) is 12.2 Å². The predicted octanol–water partition coefficient (Wildman–Crippen LogP) is 5.34. The summed E-state index contributed by atoms with van der Waals surface area (Å²) in [6, 6.07) is 44.3. The number of benzene rings is 4. The standard InChI is InChI=1S/C27H27P2/c1-28(24-15-7-3-8-16-24,25-17-9-4-10-18-25)23-29(2,26-19-11-5-12-20-26)27-21-13-6-14-22-27/h3-23H,1-2H3/q+1. The first-order chi connectivity index (χ1) is 14.1. The van der Waals surface area contributed by atoms with Crippen molar-refractivity contribution >= 4 is 40.9 Å². The lowest BCUT2D eigenvalue weighted by molar-refractivity contribution is 1.74. The van der Waals surface area contributed by atoms with Crippen LogP contribution in [-0.2, 0) is 0 Å². The van der Waals surface area contributed by atoms with Crippen molar-refractivity contribution in [3.05, 3.63) is 121 Å². The third-order valence-corrected chi connectivity index (χ3v) is 14.8. The SMILES string of the molecule is CP(=C[P+](C)(c1ccccc1)c1ccccc1)(c1ccccc1)c1ccccc1. The molecule has 0 saturated heterocycles. The molecule has 0 atom stereocenters. The molecular weight excluding hydrogens is 386 g/mol. The largest absolute Gasteiger partial charge is 0.103 e. The van der Waals surface area contributed by atoms with E-state index in [1.807, 2.05) is 0 Å². The van der Waals surface area contributed by atoms with Crippen molar-refractivity contribution in [3.8, 4) is 0 Å². The second kappa shape index (κ2) is 8.54. The number of rotatable bonds is 5. The fourth-order valence-corrected chi connectivity index (χ4v) is 13.6. The summed E-state index contributed by atoms with van der Waals surface area (Å²) >= 11 is 0. The van der Waals surface area contributed by atoms with Crippen LogP contribution in [0.4, 0.5) is 0 Å². The molecule has 0 fully saturated rings. The van der Waals surface area contributed by atoms with Crippen LogP contribution in [0.3, 0.4) is 0 Å². The second-order valence-corrected chi connectivity index (χ2v) is 14.9. The average Bonchev–Trinajstić information content (AvgIpc) is 2.81. The molecule has 0 aliphatic carbocycles. The van der Waals surface area contributed by atoms with Crippen LogP contribution >= 0.6 is 14.1 Å². The molecule has 0 N–H and O–H groups in total. The van der Waals surface area contributed by atoms with Crippen molar-refractivity contribution in [1.82, 2.24) is 0 Å². The van der Waals surface area contributed by atoms with E-state index in [0.29, 0.717) is 0 Å². The summed E-state index contributed by atoms with van der Waals surface area (Å²) in [4.78, 5) is 0. The minimum atomic E-state index is -1.70. The molecule has 4 aromatic rings. The molecule has 0 radical (unpaired) electrons. The molecule has 0 heterocycles. The zero-order valence-corrected chi connectivity index (χ0v) is 18.8. The molecule has 0 aliphatic rings.